The lowest BCUT2D eigenvalue weighted by Crippen LogP contribution is -2.48. The van der Waals surface area contributed by atoms with E-state index in [1.54, 1.807) is 6.20 Å². The Morgan fingerprint density at radius 2 is 2.41 bits per heavy atom. The lowest BCUT2D eigenvalue weighted by Gasteiger charge is -2.41. The highest BCUT2D eigenvalue weighted by Gasteiger charge is 2.35. The normalized spacial score (nSPS) is 30.4. The average molecular weight is 235 g/mol. The first-order valence-electron chi connectivity index (χ1n) is 6.11. The number of nitrogen functional groups attached to an aromatic ring is 1. The van der Waals surface area contributed by atoms with Crippen LogP contribution in [0.25, 0.3) is 0 Å². The van der Waals surface area contributed by atoms with Gasteiger partial charge in [0.25, 0.3) is 0 Å². The Bertz CT molecular complexity index is 396. The summed E-state index contributed by atoms with van der Waals surface area (Å²) in [6, 6.07) is 4.20. The van der Waals surface area contributed by atoms with Gasteiger partial charge in [-0.2, -0.15) is 0 Å². The molecule has 0 saturated carbocycles. The van der Waals surface area contributed by atoms with Gasteiger partial charge >= 0.3 is 0 Å². The summed E-state index contributed by atoms with van der Waals surface area (Å²) in [4.78, 5) is 6.26. The van der Waals surface area contributed by atoms with Crippen molar-refractivity contribution in [3.8, 4) is 0 Å². The highest BCUT2D eigenvalue weighted by Crippen LogP contribution is 2.29. The Kier molecular flexibility index (Phi) is 3.35. The van der Waals surface area contributed by atoms with E-state index in [0.29, 0.717) is 18.3 Å². The molecule has 2 atom stereocenters. The van der Waals surface area contributed by atoms with E-state index in [-0.39, 0.29) is 0 Å². The van der Waals surface area contributed by atoms with Crippen molar-refractivity contribution < 1.29 is 5.11 Å². The van der Waals surface area contributed by atoms with Crippen molar-refractivity contribution in [3.63, 3.8) is 0 Å². The molecule has 1 aliphatic rings. The monoisotopic (exact) mass is 235 g/mol. The van der Waals surface area contributed by atoms with Crippen molar-refractivity contribution in [3.05, 3.63) is 23.9 Å². The minimum Gasteiger partial charge on any atom is -0.389 e. The topological polar surface area (TPSA) is 62.4 Å². The number of aliphatic hydroxyl groups is 1. The van der Waals surface area contributed by atoms with Crippen molar-refractivity contribution in [2.24, 2.45) is 0 Å². The van der Waals surface area contributed by atoms with Crippen LogP contribution in [0.15, 0.2) is 18.3 Å². The lowest BCUT2D eigenvalue weighted by atomic mass is 9.82. The lowest BCUT2D eigenvalue weighted by molar-refractivity contribution is -0.0353. The summed E-state index contributed by atoms with van der Waals surface area (Å²) in [6.07, 6.45) is 3.99. The van der Waals surface area contributed by atoms with Crippen molar-refractivity contribution in [2.45, 2.75) is 37.8 Å². The molecule has 1 saturated heterocycles. The van der Waals surface area contributed by atoms with E-state index in [0.717, 1.165) is 24.9 Å². The van der Waals surface area contributed by atoms with Crippen LogP contribution in [-0.4, -0.2) is 40.2 Å². The molecule has 2 unspecified atom stereocenters. The summed E-state index contributed by atoms with van der Waals surface area (Å²) in [7, 11) is 2.11. The van der Waals surface area contributed by atoms with E-state index in [9.17, 15) is 5.11 Å². The number of aromatic nitrogens is 1. The van der Waals surface area contributed by atoms with Gasteiger partial charge in [0.1, 0.15) is 5.82 Å². The van der Waals surface area contributed by atoms with Gasteiger partial charge in [-0.25, -0.2) is 4.98 Å². The second kappa shape index (κ2) is 4.63. The van der Waals surface area contributed by atoms with Crippen LogP contribution in [0.1, 0.15) is 25.3 Å². The van der Waals surface area contributed by atoms with Crippen LogP contribution in [0.4, 0.5) is 5.82 Å². The molecule has 4 nitrogen and oxygen atoms in total. The van der Waals surface area contributed by atoms with Crippen LogP contribution in [0.2, 0.25) is 0 Å². The second-order valence-electron chi connectivity index (χ2n) is 5.27. The van der Waals surface area contributed by atoms with Crippen LogP contribution >= 0.6 is 0 Å². The molecule has 1 aromatic heterocycles. The summed E-state index contributed by atoms with van der Waals surface area (Å²) in [6.45, 7) is 3.10. The molecule has 4 heteroatoms. The summed E-state index contributed by atoms with van der Waals surface area (Å²) in [5.74, 6) is 0.520. The summed E-state index contributed by atoms with van der Waals surface area (Å²) < 4.78 is 0. The summed E-state index contributed by atoms with van der Waals surface area (Å²) >= 11 is 0. The quantitative estimate of drug-likeness (QED) is 0.804. The summed E-state index contributed by atoms with van der Waals surface area (Å²) in [5.41, 5.74) is 6.12. The molecule has 0 bridgehead atoms. The predicted molar refractivity (Wildman–Crippen MR) is 68.6 cm³/mol. The average Bonchev–Trinajstić information content (AvgIpc) is 2.24. The van der Waals surface area contributed by atoms with Gasteiger partial charge in [-0.1, -0.05) is 0 Å². The molecule has 1 fully saturated rings. The Morgan fingerprint density at radius 1 is 1.65 bits per heavy atom. The number of nitrogens with two attached hydrogens (primary N) is 1. The highest BCUT2D eigenvalue weighted by molar-refractivity contribution is 5.32. The third-order valence-electron chi connectivity index (χ3n) is 3.74. The molecule has 94 valence electrons. The van der Waals surface area contributed by atoms with Crippen molar-refractivity contribution in [2.75, 3.05) is 19.3 Å². The maximum Gasteiger partial charge on any atom is 0.123 e. The number of pyridine rings is 1. The van der Waals surface area contributed by atoms with Gasteiger partial charge < -0.3 is 15.7 Å². The zero-order valence-electron chi connectivity index (χ0n) is 10.6. The fourth-order valence-corrected chi connectivity index (χ4v) is 2.56. The Hall–Kier alpha value is -1.13. The number of hydrogen-bond donors (Lipinski definition) is 2. The zero-order valence-corrected chi connectivity index (χ0v) is 10.6. The van der Waals surface area contributed by atoms with Gasteiger partial charge in [0, 0.05) is 25.2 Å². The molecule has 2 rings (SSSR count). The van der Waals surface area contributed by atoms with E-state index in [1.807, 2.05) is 12.1 Å². The van der Waals surface area contributed by atoms with Crippen molar-refractivity contribution in [1.29, 1.82) is 0 Å². The smallest absolute Gasteiger partial charge is 0.123 e. The van der Waals surface area contributed by atoms with Gasteiger partial charge in [-0.15, -0.1) is 0 Å². The van der Waals surface area contributed by atoms with E-state index in [1.165, 1.54) is 0 Å². The van der Waals surface area contributed by atoms with E-state index in [4.69, 9.17) is 5.73 Å². The maximum atomic E-state index is 10.6. The van der Waals surface area contributed by atoms with E-state index in [2.05, 4.69) is 23.9 Å². The van der Waals surface area contributed by atoms with Gasteiger partial charge in [-0.3, -0.25) is 0 Å². The van der Waals surface area contributed by atoms with Crippen LogP contribution in [0, 0.1) is 0 Å². The van der Waals surface area contributed by atoms with Gasteiger partial charge in [0.15, 0.2) is 0 Å². The molecule has 0 amide bonds. The highest BCUT2D eigenvalue weighted by atomic mass is 16.3. The Labute approximate surface area is 102 Å². The fourth-order valence-electron chi connectivity index (χ4n) is 2.56. The molecule has 3 N–H and O–H groups in total. The minimum absolute atomic E-state index is 0.424. The third kappa shape index (κ3) is 2.96. The summed E-state index contributed by atoms with van der Waals surface area (Å²) in [5, 5.41) is 10.6. The third-order valence-corrected chi connectivity index (χ3v) is 3.74. The zero-order chi connectivity index (χ0) is 12.5. The Balaban J connectivity index is 2.07. The second-order valence-corrected chi connectivity index (χ2v) is 5.27. The molecular formula is C13H21N3O. The van der Waals surface area contributed by atoms with Crippen LogP contribution < -0.4 is 5.73 Å². The molecule has 2 heterocycles. The van der Waals surface area contributed by atoms with Crippen LogP contribution in [0.5, 0.6) is 0 Å². The molecule has 0 aromatic carbocycles. The number of likely N-dealkylation sites (tertiary alicyclic amines) is 1. The first-order valence-corrected chi connectivity index (χ1v) is 6.11. The maximum absolute atomic E-state index is 10.6. The number of anilines is 1. The number of hydrogen-bond acceptors (Lipinski definition) is 4. The van der Waals surface area contributed by atoms with Crippen LogP contribution in [0.3, 0.4) is 0 Å². The van der Waals surface area contributed by atoms with E-state index < -0.39 is 5.60 Å². The molecule has 1 aromatic rings. The largest absolute Gasteiger partial charge is 0.389 e. The minimum atomic E-state index is -0.597. The SMILES string of the molecule is CC1CC(O)(Cc2ccnc(N)c2)CCN1C. The standard InChI is InChI=1S/C13H21N3O/c1-10-8-13(17,4-6-16(10)2)9-11-3-5-15-12(14)7-11/h3,5,7,10,17H,4,6,8-9H2,1-2H3,(H2,14,15). The molecule has 17 heavy (non-hydrogen) atoms. The molecular weight excluding hydrogens is 214 g/mol. The number of nitrogens with zero attached hydrogens (tertiary/aromatic N) is 2. The number of piperidine rings is 1. The molecule has 0 radical (unpaired) electrons. The van der Waals surface area contributed by atoms with Crippen molar-refractivity contribution >= 4 is 5.82 Å². The van der Waals surface area contributed by atoms with Gasteiger partial charge in [0.05, 0.1) is 5.60 Å². The first-order chi connectivity index (χ1) is 7.98. The van der Waals surface area contributed by atoms with Crippen LogP contribution in [-0.2, 0) is 6.42 Å². The van der Waals surface area contributed by atoms with Gasteiger partial charge in [0.2, 0.25) is 0 Å². The van der Waals surface area contributed by atoms with Crippen molar-refractivity contribution in [1.82, 2.24) is 9.88 Å². The molecule has 0 spiro atoms. The molecule has 0 aliphatic carbocycles. The Morgan fingerprint density at radius 3 is 3.06 bits per heavy atom. The van der Waals surface area contributed by atoms with E-state index >= 15 is 0 Å². The first kappa shape index (κ1) is 12.3. The number of rotatable bonds is 2. The molecule has 1 aliphatic heterocycles. The fraction of sp³-hybridized carbons (Fsp3) is 0.615. The van der Waals surface area contributed by atoms with Gasteiger partial charge in [-0.05, 0) is 44.5 Å². The predicted octanol–water partition coefficient (Wildman–Crippen LogP) is 1.05.